The van der Waals surface area contributed by atoms with Crippen molar-refractivity contribution < 1.29 is 9.36 Å². The lowest BCUT2D eigenvalue weighted by molar-refractivity contribution is -0.685. The molecule has 1 amide bonds. The molecule has 1 aromatic heterocycles. The molecule has 0 atom stereocenters. The summed E-state index contributed by atoms with van der Waals surface area (Å²) in [6, 6.07) is 12.6. The molecule has 120 valence electrons. The van der Waals surface area contributed by atoms with Crippen LogP contribution in [0.25, 0.3) is 0 Å². The highest BCUT2D eigenvalue weighted by molar-refractivity contribution is 5.74. The van der Waals surface area contributed by atoms with Crippen LogP contribution in [0, 0.1) is 0 Å². The van der Waals surface area contributed by atoms with Gasteiger partial charge in [-0.25, -0.2) is 0 Å². The first-order valence-electron chi connectivity index (χ1n) is 8.63. The van der Waals surface area contributed by atoms with Crippen LogP contribution in [0.4, 0.5) is 0 Å². The molecule has 1 aliphatic rings. The van der Waals surface area contributed by atoms with Gasteiger partial charge in [0.15, 0.2) is 12.4 Å². The van der Waals surface area contributed by atoms with Gasteiger partial charge >= 0.3 is 0 Å². The van der Waals surface area contributed by atoms with E-state index in [-0.39, 0.29) is 5.91 Å². The summed E-state index contributed by atoms with van der Waals surface area (Å²) < 4.78 is 2.01. The van der Waals surface area contributed by atoms with Crippen LogP contribution < -0.4 is 9.88 Å². The van der Waals surface area contributed by atoms with E-state index in [9.17, 15) is 4.79 Å². The van der Waals surface area contributed by atoms with Gasteiger partial charge in [0.1, 0.15) is 0 Å². The third-order valence-electron chi connectivity index (χ3n) is 4.48. The summed E-state index contributed by atoms with van der Waals surface area (Å²) in [5.41, 5.74) is 4.19. The van der Waals surface area contributed by atoms with Crippen LogP contribution in [-0.4, -0.2) is 12.5 Å². The standard InChI is InChI=1S/C20H24N2O/c23-20(21-13-6-9-17-7-2-1-3-8-17)16-22-14-12-18-10-4-5-11-19(18)15-22/h1-3,7-8,12,14-15H,4-6,9-11,13,16H2/p+1. The molecule has 1 heterocycles. The van der Waals surface area contributed by atoms with Crippen molar-refractivity contribution >= 4 is 5.91 Å². The summed E-state index contributed by atoms with van der Waals surface area (Å²) >= 11 is 0. The number of amides is 1. The first kappa shape index (κ1) is 15.7. The second kappa shape index (κ2) is 7.91. The fourth-order valence-electron chi connectivity index (χ4n) is 3.20. The molecule has 0 bridgehead atoms. The maximum absolute atomic E-state index is 12.1. The van der Waals surface area contributed by atoms with E-state index < -0.39 is 0 Å². The van der Waals surface area contributed by atoms with Crippen LogP contribution in [0.2, 0.25) is 0 Å². The van der Waals surface area contributed by atoms with E-state index in [1.165, 1.54) is 36.0 Å². The Morgan fingerprint density at radius 1 is 1.04 bits per heavy atom. The highest BCUT2D eigenvalue weighted by atomic mass is 16.1. The van der Waals surface area contributed by atoms with Crippen molar-refractivity contribution in [2.75, 3.05) is 6.54 Å². The number of rotatable bonds is 6. The van der Waals surface area contributed by atoms with Crippen molar-refractivity contribution in [3.05, 3.63) is 65.5 Å². The lowest BCUT2D eigenvalue weighted by Crippen LogP contribution is -2.43. The van der Waals surface area contributed by atoms with E-state index in [4.69, 9.17) is 0 Å². The second-order valence-corrected chi connectivity index (χ2v) is 6.31. The van der Waals surface area contributed by atoms with Crippen molar-refractivity contribution in [3.63, 3.8) is 0 Å². The molecule has 1 aliphatic carbocycles. The molecular weight excluding hydrogens is 284 g/mol. The summed E-state index contributed by atoms with van der Waals surface area (Å²) in [5, 5.41) is 3.02. The highest BCUT2D eigenvalue weighted by Crippen LogP contribution is 2.18. The lowest BCUT2D eigenvalue weighted by atomic mass is 9.93. The Bertz CT molecular complexity index is 652. The third-order valence-corrected chi connectivity index (χ3v) is 4.48. The molecule has 3 nitrogen and oxygen atoms in total. The van der Waals surface area contributed by atoms with Crippen molar-refractivity contribution in [3.8, 4) is 0 Å². The molecule has 2 aromatic rings. The summed E-state index contributed by atoms with van der Waals surface area (Å²) in [6.07, 6.45) is 11.1. The van der Waals surface area contributed by atoms with Crippen LogP contribution >= 0.6 is 0 Å². The van der Waals surface area contributed by atoms with Crippen molar-refractivity contribution in [2.24, 2.45) is 0 Å². The van der Waals surface area contributed by atoms with E-state index in [2.05, 4.69) is 41.8 Å². The number of nitrogens with one attached hydrogen (secondary N) is 1. The summed E-state index contributed by atoms with van der Waals surface area (Å²) in [5.74, 6) is 0.0961. The summed E-state index contributed by atoms with van der Waals surface area (Å²) in [4.78, 5) is 12.1. The van der Waals surface area contributed by atoms with Crippen LogP contribution in [0.15, 0.2) is 48.8 Å². The Hall–Kier alpha value is -2.16. The van der Waals surface area contributed by atoms with Gasteiger partial charge in [0.2, 0.25) is 6.54 Å². The Balaban J connectivity index is 1.42. The lowest BCUT2D eigenvalue weighted by Gasteiger charge is -2.13. The van der Waals surface area contributed by atoms with Gasteiger partial charge in [-0.3, -0.25) is 4.79 Å². The van der Waals surface area contributed by atoms with Gasteiger partial charge in [-0.15, -0.1) is 0 Å². The van der Waals surface area contributed by atoms with E-state index >= 15 is 0 Å². The molecule has 1 N–H and O–H groups in total. The molecule has 3 rings (SSSR count). The van der Waals surface area contributed by atoms with Crippen molar-refractivity contribution in [1.82, 2.24) is 5.32 Å². The summed E-state index contributed by atoms with van der Waals surface area (Å²) in [6.45, 7) is 1.15. The van der Waals surface area contributed by atoms with Crippen LogP contribution in [0.1, 0.15) is 36.0 Å². The number of benzene rings is 1. The predicted octanol–water partition coefficient (Wildman–Crippen LogP) is 2.60. The Kier molecular flexibility index (Phi) is 5.41. The zero-order valence-corrected chi connectivity index (χ0v) is 13.6. The van der Waals surface area contributed by atoms with Gasteiger partial charge in [-0.05, 0) is 49.7 Å². The molecular formula is C20H25N2O+. The smallest absolute Gasteiger partial charge is 0.285 e. The first-order chi connectivity index (χ1) is 11.3. The molecule has 0 saturated carbocycles. The zero-order chi connectivity index (χ0) is 15.9. The number of aromatic nitrogens is 1. The van der Waals surface area contributed by atoms with Crippen molar-refractivity contribution in [1.29, 1.82) is 0 Å². The fourth-order valence-corrected chi connectivity index (χ4v) is 3.20. The molecule has 0 spiro atoms. The average Bonchev–Trinajstić information content (AvgIpc) is 2.59. The number of nitrogens with zero attached hydrogens (tertiary/aromatic N) is 1. The molecule has 0 radical (unpaired) electrons. The largest absolute Gasteiger partial charge is 0.351 e. The minimum Gasteiger partial charge on any atom is -0.351 e. The van der Waals surface area contributed by atoms with Crippen LogP contribution in [0.3, 0.4) is 0 Å². The number of hydrogen-bond acceptors (Lipinski definition) is 1. The number of carbonyl (C=O) groups is 1. The first-order valence-corrected chi connectivity index (χ1v) is 8.63. The van der Waals surface area contributed by atoms with Gasteiger partial charge in [0, 0.05) is 18.2 Å². The quantitative estimate of drug-likeness (QED) is 0.646. The maximum Gasteiger partial charge on any atom is 0.285 e. The second-order valence-electron chi connectivity index (χ2n) is 6.31. The van der Waals surface area contributed by atoms with Crippen LogP contribution in [-0.2, 0) is 30.6 Å². The van der Waals surface area contributed by atoms with E-state index in [1.807, 2.05) is 16.8 Å². The topological polar surface area (TPSA) is 33.0 Å². The van der Waals surface area contributed by atoms with E-state index in [0.29, 0.717) is 6.54 Å². The normalized spacial score (nSPS) is 13.4. The Morgan fingerprint density at radius 2 is 1.83 bits per heavy atom. The number of fused-ring (bicyclic) bond motifs is 1. The van der Waals surface area contributed by atoms with Gasteiger partial charge in [-0.1, -0.05) is 30.3 Å². The molecule has 1 aromatic carbocycles. The fraction of sp³-hybridized carbons (Fsp3) is 0.400. The molecule has 3 heteroatoms. The van der Waals surface area contributed by atoms with Crippen LogP contribution in [0.5, 0.6) is 0 Å². The third kappa shape index (κ3) is 4.65. The maximum atomic E-state index is 12.1. The molecule has 0 aliphatic heterocycles. The van der Waals surface area contributed by atoms with Gasteiger partial charge in [-0.2, -0.15) is 4.57 Å². The Labute approximate surface area is 138 Å². The Morgan fingerprint density at radius 3 is 2.65 bits per heavy atom. The van der Waals surface area contributed by atoms with Gasteiger partial charge < -0.3 is 5.32 Å². The number of carbonyl (C=O) groups excluding carboxylic acids is 1. The monoisotopic (exact) mass is 309 g/mol. The van der Waals surface area contributed by atoms with Gasteiger partial charge in [0.05, 0.1) is 0 Å². The molecule has 0 fully saturated rings. The van der Waals surface area contributed by atoms with E-state index in [1.54, 1.807) is 0 Å². The highest BCUT2D eigenvalue weighted by Gasteiger charge is 2.15. The zero-order valence-electron chi connectivity index (χ0n) is 13.6. The SMILES string of the molecule is O=C(C[n+]1ccc2c(c1)CCCC2)NCCCc1ccccc1. The molecule has 0 unspecified atom stereocenters. The number of hydrogen-bond donors (Lipinski definition) is 1. The predicted molar refractivity (Wildman–Crippen MR) is 91.1 cm³/mol. The van der Waals surface area contributed by atoms with E-state index in [0.717, 1.165) is 25.8 Å². The molecule has 23 heavy (non-hydrogen) atoms. The minimum absolute atomic E-state index is 0.0961. The molecule has 0 saturated heterocycles. The van der Waals surface area contributed by atoms with Crippen molar-refractivity contribution in [2.45, 2.75) is 45.1 Å². The summed E-state index contributed by atoms with van der Waals surface area (Å²) in [7, 11) is 0. The van der Waals surface area contributed by atoms with Gasteiger partial charge in [0.25, 0.3) is 5.91 Å². The minimum atomic E-state index is 0.0961. The average molecular weight is 309 g/mol. The number of pyridine rings is 1. The number of aryl methyl sites for hydroxylation is 3.